The van der Waals surface area contributed by atoms with Crippen molar-refractivity contribution in [3.63, 3.8) is 0 Å². The lowest BCUT2D eigenvalue weighted by molar-refractivity contribution is -0.146. The number of hydrogen-bond acceptors (Lipinski definition) is 8. The van der Waals surface area contributed by atoms with Gasteiger partial charge in [-0.15, -0.1) is 0 Å². The van der Waals surface area contributed by atoms with Crippen molar-refractivity contribution in [3.8, 4) is 0 Å². The number of ether oxygens (including phenoxy) is 2. The molecule has 174 valence electrons. The van der Waals surface area contributed by atoms with Gasteiger partial charge in [0, 0.05) is 6.61 Å². The van der Waals surface area contributed by atoms with Crippen molar-refractivity contribution in [2.75, 3.05) is 19.8 Å². The first-order valence-corrected chi connectivity index (χ1v) is 8.86. The van der Waals surface area contributed by atoms with Gasteiger partial charge in [-0.25, -0.2) is 19.2 Å². The van der Waals surface area contributed by atoms with E-state index in [9.17, 15) is 28.8 Å². The molecule has 1 aromatic rings. The molecule has 0 aliphatic rings. The summed E-state index contributed by atoms with van der Waals surface area (Å²) < 4.78 is 9.70. The van der Waals surface area contributed by atoms with Crippen LogP contribution >= 0.6 is 0 Å². The Balaban J connectivity index is 0.000000622. The molecule has 0 atom stereocenters. The second-order valence-electron chi connectivity index (χ2n) is 5.96. The molecule has 12 heteroatoms. The zero-order valence-corrected chi connectivity index (χ0v) is 17.2. The van der Waals surface area contributed by atoms with E-state index in [-0.39, 0.29) is 18.8 Å². The minimum Gasteiger partial charge on any atom is -0.478 e. The Morgan fingerprint density at radius 3 is 1.44 bits per heavy atom. The summed E-state index contributed by atoms with van der Waals surface area (Å²) in [6.07, 6.45) is -0.235. The first kappa shape index (κ1) is 27.9. The molecule has 0 aliphatic heterocycles. The number of allylic oxidation sites excluding steroid dienone is 1. The molecular weight excluding hydrogens is 432 g/mol. The van der Waals surface area contributed by atoms with Crippen molar-refractivity contribution in [2.45, 2.75) is 20.3 Å². The van der Waals surface area contributed by atoms with Gasteiger partial charge in [0.1, 0.15) is 13.0 Å². The molecule has 0 amide bonds. The number of aromatic carboxylic acids is 4. The molecule has 0 heterocycles. The maximum atomic E-state index is 11.0. The van der Waals surface area contributed by atoms with Gasteiger partial charge in [0.05, 0.1) is 28.9 Å². The Kier molecular flexibility index (Phi) is 11.6. The molecule has 0 radical (unpaired) electrons. The van der Waals surface area contributed by atoms with E-state index in [1.165, 1.54) is 0 Å². The van der Waals surface area contributed by atoms with Gasteiger partial charge < -0.3 is 29.9 Å². The molecule has 0 saturated carbocycles. The molecule has 0 aromatic heterocycles. The van der Waals surface area contributed by atoms with Crippen molar-refractivity contribution >= 4 is 35.6 Å². The highest BCUT2D eigenvalue weighted by Gasteiger charge is 2.25. The van der Waals surface area contributed by atoms with Crippen molar-refractivity contribution in [1.82, 2.24) is 0 Å². The van der Waals surface area contributed by atoms with Crippen LogP contribution in [0.3, 0.4) is 0 Å². The monoisotopic (exact) mass is 454 g/mol. The molecule has 0 aliphatic carbocycles. The zero-order valence-electron chi connectivity index (χ0n) is 17.2. The van der Waals surface area contributed by atoms with Crippen LogP contribution in [-0.2, 0) is 19.1 Å². The lowest BCUT2D eigenvalue weighted by Crippen LogP contribution is -2.15. The van der Waals surface area contributed by atoms with Crippen LogP contribution in [0.15, 0.2) is 24.3 Å². The summed E-state index contributed by atoms with van der Waals surface area (Å²) in [5.74, 6) is -7.46. The third-order valence-electron chi connectivity index (χ3n) is 3.56. The van der Waals surface area contributed by atoms with Crippen LogP contribution in [0.5, 0.6) is 0 Å². The number of carbonyl (C=O) groups excluding carboxylic acids is 2. The molecule has 0 bridgehead atoms. The molecule has 4 N–H and O–H groups in total. The second-order valence-corrected chi connectivity index (χ2v) is 5.96. The number of hydrogen-bond donors (Lipinski definition) is 4. The number of carboxylic acids is 4. The SMILES string of the molecule is C=C(C)C(=O)CC(=O)OCCOCC.O=C(O)c1cc(C(=O)O)c(C(=O)O)cc1C(=O)O. The van der Waals surface area contributed by atoms with E-state index in [4.69, 9.17) is 29.9 Å². The zero-order chi connectivity index (χ0) is 25.0. The average molecular weight is 454 g/mol. The molecule has 0 spiro atoms. The predicted octanol–water partition coefficient (Wildman–Crippen LogP) is 1.58. The molecule has 32 heavy (non-hydrogen) atoms. The largest absolute Gasteiger partial charge is 0.478 e. The van der Waals surface area contributed by atoms with E-state index in [0.717, 1.165) is 0 Å². The molecular formula is C20H22O12. The third-order valence-corrected chi connectivity index (χ3v) is 3.56. The van der Waals surface area contributed by atoms with Crippen molar-refractivity contribution < 1.29 is 58.7 Å². The number of ketones is 1. The molecule has 0 unspecified atom stereocenters. The average Bonchev–Trinajstić information content (AvgIpc) is 2.70. The van der Waals surface area contributed by atoms with E-state index >= 15 is 0 Å². The van der Waals surface area contributed by atoms with E-state index in [0.29, 0.717) is 30.9 Å². The van der Waals surface area contributed by atoms with Crippen LogP contribution in [-0.4, -0.2) is 75.9 Å². The fourth-order valence-corrected chi connectivity index (χ4v) is 2.00. The summed E-state index contributed by atoms with van der Waals surface area (Å²) in [5, 5.41) is 35.0. The Labute approximate surface area is 181 Å². The second kappa shape index (κ2) is 13.3. The normalized spacial score (nSPS) is 9.69. The van der Waals surface area contributed by atoms with Crippen LogP contribution in [0.4, 0.5) is 0 Å². The van der Waals surface area contributed by atoms with E-state index < -0.39 is 52.1 Å². The van der Waals surface area contributed by atoms with E-state index in [1.807, 2.05) is 6.92 Å². The van der Waals surface area contributed by atoms with Crippen LogP contribution in [0, 0.1) is 0 Å². The lowest BCUT2D eigenvalue weighted by Gasteiger charge is -2.06. The lowest BCUT2D eigenvalue weighted by atomic mass is 9.98. The van der Waals surface area contributed by atoms with E-state index in [1.54, 1.807) is 6.92 Å². The Morgan fingerprint density at radius 1 is 0.781 bits per heavy atom. The number of carbonyl (C=O) groups is 6. The van der Waals surface area contributed by atoms with Gasteiger partial charge in [0.25, 0.3) is 0 Å². The van der Waals surface area contributed by atoms with E-state index in [2.05, 4.69) is 6.58 Å². The molecule has 1 aromatic carbocycles. The summed E-state index contributed by atoms with van der Waals surface area (Å²) in [5.41, 5.74) is -2.78. The molecule has 0 saturated heterocycles. The van der Waals surface area contributed by atoms with Gasteiger partial charge in [0.15, 0.2) is 5.78 Å². The summed E-state index contributed by atoms with van der Waals surface area (Å²) in [7, 11) is 0. The first-order chi connectivity index (χ1) is 14.8. The maximum absolute atomic E-state index is 11.0. The number of esters is 1. The smallest absolute Gasteiger partial charge is 0.336 e. The minimum absolute atomic E-state index is 0.191. The van der Waals surface area contributed by atoms with Crippen LogP contribution in [0.2, 0.25) is 0 Å². The van der Waals surface area contributed by atoms with Crippen molar-refractivity contribution in [1.29, 1.82) is 0 Å². The quantitative estimate of drug-likeness (QED) is 0.163. The highest BCUT2D eigenvalue weighted by atomic mass is 16.6. The van der Waals surface area contributed by atoms with Gasteiger partial charge in [-0.2, -0.15) is 0 Å². The van der Waals surface area contributed by atoms with Crippen LogP contribution in [0.25, 0.3) is 0 Å². The molecule has 0 fully saturated rings. The summed E-state index contributed by atoms with van der Waals surface area (Å²) in [4.78, 5) is 65.1. The number of Topliss-reactive ketones (excluding diaryl/α,β-unsaturated/α-hetero) is 1. The van der Waals surface area contributed by atoms with Crippen molar-refractivity contribution in [3.05, 3.63) is 46.5 Å². The number of benzene rings is 1. The fourth-order valence-electron chi connectivity index (χ4n) is 2.00. The minimum atomic E-state index is -1.66. The Bertz CT molecular complexity index is 831. The fraction of sp³-hybridized carbons (Fsp3) is 0.300. The Hall–Kier alpha value is -4.06. The van der Waals surface area contributed by atoms with Crippen LogP contribution < -0.4 is 0 Å². The third kappa shape index (κ3) is 9.17. The van der Waals surface area contributed by atoms with Gasteiger partial charge >= 0.3 is 29.8 Å². The predicted molar refractivity (Wildman–Crippen MR) is 106 cm³/mol. The van der Waals surface area contributed by atoms with Gasteiger partial charge in [-0.1, -0.05) is 6.58 Å². The molecule has 12 nitrogen and oxygen atoms in total. The summed E-state index contributed by atoms with van der Waals surface area (Å²) in [6.45, 7) is 8.00. The van der Waals surface area contributed by atoms with Gasteiger partial charge in [-0.3, -0.25) is 9.59 Å². The summed E-state index contributed by atoms with van der Waals surface area (Å²) >= 11 is 0. The van der Waals surface area contributed by atoms with Gasteiger partial charge in [-0.05, 0) is 31.6 Å². The Morgan fingerprint density at radius 2 is 1.16 bits per heavy atom. The summed E-state index contributed by atoms with van der Waals surface area (Å²) in [6, 6.07) is 1.02. The van der Waals surface area contributed by atoms with Crippen LogP contribution in [0.1, 0.15) is 61.7 Å². The van der Waals surface area contributed by atoms with Crippen molar-refractivity contribution in [2.24, 2.45) is 0 Å². The number of carboxylic acid groups (broad SMARTS) is 4. The topological polar surface area (TPSA) is 202 Å². The number of rotatable bonds is 11. The van der Waals surface area contributed by atoms with Gasteiger partial charge in [0.2, 0.25) is 0 Å². The first-order valence-electron chi connectivity index (χ1n) is 8.86. The maximum Gasteiger partial charge on any atom is 0.336 e. The highest BCUT2D eigenvalue weighted by molar-refractivity contribution is 6.09. The highest BCUT2D eigenvalue weighted by Crippen LogP contribution is 2.18. The standard InChI is InChI=1S/C10H6O8.C10H16O4/c11-7(12)3-1-4(8(13)14)6(10(17)18)2-5(3)9(15)16;1-4-13-5-6-14-10(12)7-9(11)8(2)3/h1-2H,(H,11,12)(H,13,14)(H,15,16)(H,17,18);2,4-7H2,1,3H3. The molecule has 1 rings (SSSR count).